The number of methoxy groups -OCH3 is 1. The Morgan fingerprint density at radius 3 is 2.25 bits per heavy atom. The summed E-state index contributed by atoms with van der Waals surface area (Å²) in [6, 6.07) is 13.6. The predicted molar refractivity (Wildman–Crippen MR) is 107 cm³/mol. The van der Waals surface area contributed by atoms with Crippen LogP contribution in [0.5, 0.6) is 11.5 Å². The first-order valence-electron chi connectivity index (χ1n) is 8.58. The predicted octanol–water partition coefficient (Wildman–Crippen LogP) is 3.60. The summed E-state index contributed by atoms with van der Waals surface area (Å²) in [6.07, 6.45) is 1.47. The van der Waals surface area contributed by atoms with Crippen molar-refractivity contribution in [1.82, 2.24) is 0 Å². The molecule has 0 fully saturated rings. The van der Waals surface area contributed by atoms with E-state index in [1.807, 2.05) is 13.0 Å². The molecule has 0 saturated carbocycles. The fourth-order valence-corrected chi connectivity index (χ4v) is 2.40. The van der Waals surface area contributed by atoms with Gasteiger partial charge < -0.3 is 20.1 Å². The summed E-state index contributed by atoms with van der Waals surface area (Å²) in [6.45, 7) is 3.78. The number of rotatable bonds is 7. The summed E-state index contributed by atoms with van der Waals surface area (Å²) < 4.78 is 10.7. The lowest BCUT2D eigenvalue weighted by Gasteiger charge is -2.10. The Bertz CT molecular complexity index is 928. The summed E-state index contributed by atoms with van der Waals surface area (Å²) in [5.74, 6) is 0.381. The van der Waals surface area contributed by atoms with Crippen molar-refractivity contribution in [3.05, 3.63) is 53.6 Å². The maximum atomic E-state index is 12.4. The zero-order chi connectivity index (χ0) is 20.5. The average Bonchev–Trinajstić information content (AvgIpc) is 2.68. The molecule has 0 saturated heterocycles. The van der Waals surface area contributed by atoms with Crippen molar-refractivity contribution in [3.63, 3.8) is 0 Å². The van der Waals surface area contributed by atoms with E-state index >= 15 is 0 Å². The summed E-state index contributed by atoms with van der Waals surface area (Å²) in [5, 5.41) is 14.7. The van der Waals surface area contributed by atoms with Gasteiger partial charge in [0.1, 0.15) is 11.6 Å². The summed E-state index contributed by atoms with van der Waals surface area (Å²) >= 11 is 0. The van der Waals surface area contributed by atoms with Gasteiger partial charge in [0.25, 0.3) is 5.91 Å². The first kappa shape index (κ1) is 20.5. The first-order valence-corrected chi connectivity index (χ1v) is 8.58. The zero-order valence-corrected chi connectivity index (χ0v) is 15.9. The highest BCUT2D eigenvalue weighted by Crippen LogP contribution is 2.29. The SMILES string of the molecule is CCOc1ccc(/C=C(\C#N)C(=O)Nc2ccc(NC(C)=O)cc2)cc1OC. The number of nitrogens with zero attached hydrogens (tertiary/aromatic N) is 1. The van der Waals surface area contributed by atoms with Crippen LogP contribution in [0.15, 0.2) is 48.0 Å². The van der Waals surface area contributed by atoms with Crippen molar-refractivity contribution in [2.24, 2.45) is 0 Å². The van der Waals surface area contributed by atoms with Gasteiger partial charge in [0.15, 0.2) is 11.5 Å². The molecule has 7 nitrogen and oxygen atoms in total. The molecule has 2 amide bonds. The van der Waals surface area contributed by atoms with E-state index in [2.05, 4.69) is 10.6 Å². The Hall–Kier alpha value is -3.79. The fourth-order valence-electron chi connectivity index (χ4n) is 2.40. The number of nitrogens with one attached hydrogen (secondary N) is 2. The maximum Gasteiger partial charge on any atom is 0.266 e. The maximum absolute atomic E-state index is 12.4. The first-order chi connectivity index (χ1) is 13.5. The Labute approximate surface area is 163 Å². The molecule has 7 heteroatoms. The monoisotopic (exact) mass is 379 g/mol. The molecule has 0 bridgehead atoms. The van der Waals surface area contributed by atoms with Gasteiger partial charge in [-0.2, -0.15) is 5.26 Å². The van der Waals surface area contributed by atoms with Gasteiger partial charge in [0.05, 0.1) is 13.7 Å². The number of nitriles is 1. The minimum atomic E-state index is -0.539. The second kappa shape index (κ2) is 9.78. The third-order valence-corrected chi connectivity index (χ3v) is 3.63. The molecule has 0 aliphatic heterocycles. The number of carbonyl (C=O) groups excluding carboxylic acids is 2. The van der Waals surface area contributed by atoms with Crippen molar-refractivity contribution >= 4 is 29.3 Å². The number of amides is 2. The van der Waals surface area contributed by atoms with Crippen LogP contribution in [-0.2, 0) is 9.59 Å². The van der Waals surface area contributed by atoms with E-state index in [0.29, 0.717) is 35.0 Å². The van der Waals surface area contributed by atoms with Crippen LogP contribution in [0.2, 0.25) is 0 Å². The molecule has 144 valence electrons. The third-order valence-electron chi connectivity index (χ3n) is 3.63. The number of anilines is 2. The molecule has 0 aliphatic rings. The Morgan fingerprint density at radius 2 is 1.71 bits per heavy atom. The summed E-state index contributed by atoms with van der Waals surface area (Å²) in [4.78, 5) is 23.4. The van der Waals surface area contributed by atoms with Crippen molar-refractivity contribution < 1.29 is 19.1 Å². The highest BCUT2D eigenvalue weighted by molar-refractivity contribution is 6.09. The van der Waals surface area contributed by atoms with Crippen LogP contribution >= 0.6 is 0 Å². The minimum Gasteiger partial charge on any atom is -0.493 e. The molecule has 2 aromatic carbocycles. The lowest BCUT2D eigenvalue weighted by Crippen LogP contribution is -2.13. The highest BCUT2D eigenvalue weighted by atomic mass is 16.5. The molecule has 2 rings (SSSR count). The Balaban J connectivity index is 2.16. The highest BCUT2D eigenvalue weighted by Gasteiger charge is 2.11. The quantitative estimate of drug-likeness (QED) is 0.565. The molecule has 2 N–H and O–H groups in total. The molecule has 0 radical (unpaired) electrons. The molecule has 0 aromatic heterocycles. The van der Waals surface area contributed by atoms with E-state index in [-0.39, 0.29) is 11.5 Å². The van der Waals surface area contributed by atoms with Crippen LogP contribution in [0.1, 0.15) is 19.4 Å². The van der Waals surface area contributed by atoms with Crippen LogP contribution < -0.4 is 20.1 Å². The normalized spacial score (nSPS) is 10.6. The second-order valence-corrected chi connectivity index (χ2v) is 5.73. The van der Waals surface area contributed by atoms with Gasteiger partial charge in [0.2, 0.25) is 5.91 Å². The molecule has 0 aliphatic carbocycles. The summed E-state index contributed by atoms with van der Waals surface area (Å²) in [5.41, 5.74) is 1.69. The molecule has 2 aromatic rings. The van der Waals surface area contributed by atoms with Crippen LogP contribution in [0, 0.1) is 11.3 Å². The van der Waals surface area contributed by atoms with Crippen LogP contribution in [0.4, 0.5) is 11.4 Å². The van der Waals surface area contributed by atoms with Crippen molar-refractivity contribution in [3.8, 4) is 17.6 Å². The molecule has 0 heterocycles. The molecular formula is C21H21N3O4. The van der Waals surface area contributed by atoms with E-state index in [0.717, 1.165) is 0 Å². The largest absolute Gasteiger partial charge is 0.493 e. The van der Waals surface area contributed by atoms with E-state index in [4.69, 9.17) is 9.47 Å². The molecule has 28 heavy (non-hydrogen) atoms. The van der Waals surface area contributed by atoms with Gasteiger partial charge in [-0.1, -0.05) is 6.07 Å². The molecular weight excluding hydrogens is 358 g/mol. The van der Waals surface area contributed by atoms with Gasteiger partial charge in [0, 0.05) is 18.3 Å². The van der Waals surface area contributed by atoms with Crippen molar-refractivity contribution in [2.75, 3.05) is 24.4 Å². The minimum absolute atomic E-state index is 0.0582. The molecule has 0 atom stereocenters. The molecule has 0 spiro atoms. The third kappa shape index (κ3) is 5.61. The van der Waals surface area contributed by atoms with E-state index in [1.54, 1.807) is 42.5 Å². The number of benzene rings is 2. The van der Waals surface area contributed by atoms with Crippen molar-refractivity contribution in [2.45, 2.75) is 13.8 Å². The number of carbonyl (C=O) groups is 2. The van der Waals surface area contributed by atoms with E-state index in [1.165, 1.54) is 20.1 Å². The van der Waals surface area contributed by atoms with Crippen LogP contribution in [0.25, 0.3) is 6.08 Å². The topological polar surface area (TPSA) is 100 Å². The molecule has 0 unspecified atom stereocenters. The lowest BCUT2D eigenvalue weighted by atomic mass is 10.1. The summed E-state index contributed by atoms with van der Waals surface area (Å²) in [7, 11) is 1.52. The second-order valence-electron chi connectivity index (χ2n) is 5.73. The Kier molecular flexibility index (Phi) is 7.17. The van der Waals surface area contributed by atoms with Crippen LogP contribution in [0.3, 0.4) is 0 Å². The Morgan fingerprint density at radius 1 is 1.07 bits per heavy atom. The average molecular weight is 379 g/mol. The van der Waals surface area contributed by atoms with Gasteiger partial charge >= 0.3 is 0 Å². The van der Waals surface area contributed by atoms with Gasteiger partial charge in [-0.3, -0.25) is 9.59 Å². The number of hydrogen-bond acceptors (Lipinski definition) is 5. The number of ether oxygens (including phenoxy) is 2. The van der Waals surface area contributed by atoms with E-state index in [9.17, 15) is 14.9 Å². The lowest BCUT2D eigenvalue weighted by molar-refractivity contribution is -0.114. The van der Waals surface area contributed by atoms with Gasteiger partial charge in [-0.15, -0.1) is 0 Å². The van der Waals surface area contributed by atoms with E-state index < -0.39 is 5.91 Å². The van der Waals surface area contributed by atoms with Gasteiger partial charge in [-0.25, -0.2) is 0 Å². The fraction of sp³-hybridized carbons (Fsp3) is 0.190. The number of hydrogen-bond donors (Lipinski definition) is 2. The van der Waals surface area contributed by atoms with Crippen molar-refractivity contribution in [1.29, 1.82) is 5.26 Å². The van der Waals surface area contributed by atoms with Gasteiger partial charge in [-0.05, 0) is 55.0 Å². The standard InChI is InChI=1S/C21H21N3O4/c1-4-28-19-10-5-15(12-20(19)27-3)11-16(13-22)21(26)24-18-8-6-17(7-9-18)23-14(2)25/h5-12H,4H2,1-3H3,(H,23,25)(H,24,26)/b16-11+. The zero-order valence-electron chi connectivity index (χ0n) is 15.9. The smallest absolute Gasteiger partial charge is 0.266 e. The van der Waals surface area contributed by atoms with Crippen LogP contribution in [-0.4, -0.2) is 25.5 Å².